The number of aromatic nitrogens is 2. The van der Waals surface area contributed by atoms with Gasteiger partial charge in [0.25, 0.3) is 0 Å². The molecule has 4 rings (SSSR count). The molecule has 1 aromatic heterocycles. The molecule has 1 fully saturated rings. The van der Waals surface area contributed by atoms with Gasteiger partial charge in [-0.25, -0.2) is 9.18 Å². The number of anilines is 1. The van der Waals surface area contributed by atoms with Crippen LogP contribution in [0.2, 0.25) is 0 Å². The first-order chi connectivity index (χ1) is 14.9. The fourth-order valence-corrected chi connectivity index (χ4v) is 3.79. The molecule has 2 aliphatic heterocycles. The van der Waals surface area contributed by atoms with Crippen molar-refractivity contribution in [1.82, 2.24) is 19.6 Å². The van der Waals surface area contributed by atoms with Crippen LogP contribution in [-0.2, 0) is 17.9 Å². The van der Waals surface area contributed by atoms with Crippen LogP contribution in [0.5, 0.6) is 5.88 Å². The monoisotopic (exact) mass is 433 g/mol. The number of amides is 1. The van der Waals surface area contributed by atoms with Gasteiger partial charge in [-0.1, -0.05) is 12.1 Å². The zero-order chi connectivity index (χ0) is 22.0. The molecule has 0 aliphatic carbocycles. The highest BCUT2D eigenvalue weighted by Crippen LogP contribution is 2.23. The molecule has 0 unspecified atom stereocenters. The second kappa shape index (κ2) is 9.01. The molecular formula is C21H25F2N5O3. The number of nitrogens with zero attached hydrogens (tertiary/aromatic N) is 5. The van der Waals surface area contributed by atoms with Crippen molar-refractivity contribution in [3.63, 3.8) is 0 Å². The summed E-state index contributed by atoms with van der Waals surface area (Å²) in [5, 5.41) is 0.703. The molecule has 0 bridgehead atoms. The van der Waals surface area contributed by atoms with E-state index in [1.807, 2.05) is 4.90 Å². The molecule has 1 amide bonds. The number of hydrogen-bond donors (Lipinski definition) is 0. The fraction of sp³-hybridized carbons (Fsp3) is 0.476. The Labute approximate surface area is 178 Å². The Bertz CT molecular complexity index is 1020. The van der Waals surface area contributed by atoms with Crippen LogP contribution in [0.15, 0.2) is 29.1 Å². The number of rotatable bonds is 5. The van der Waals surface area contributed by atoms with Crippen molar-refractivity contribution in [1.29, 1.82) is 0 Å². The molecule has 2 aliphatic rings. The average Bonchev–Trinajstić information content (AvgIpc) is 2.75. The third-order valence-electron chi connectivity index (χ3n) is 5.63. The van der Waals surface area contributed by atoms with E-state index >= 15 is 0 Å². The lowest BCUT2D eigenvalue weighted by molar-refractivity contribution is -0.134. The first-order valence-corrected chi connectivity index (χ1v) is 10.3. The lowest BCUT2D eigenvalue weighted by Crippen LogP contribution is -2.50. The van der Waals surface area contributed by atoms with E-state index in [-0.39, 0.29) is 43.8 Å². The van der Waals surface area contributed by atoms with Crippen molar-refractivity contribution < 1.29 is 18.4 Å². The standard InChI is InChI=1S/C21H25F2N5O3/c1-15-3-4-16(11-17(15)22)14-31-18-12-19-26(5-2-6-28(19)21(30)24-18)13-20(29)25-7-9-27(23)10-8-25/h3-4,11-12H,2,5-10,13-14H2,1H3. The molecule has 0 saturated carbocycles. The summed E-state index contributed by atoms with van der Waals surface area (Å²) in [7, 11) is 0. The zero-order valence-corrected chi connectivity index (χ0v) is 17.4. The molecule has 0 atom stereocenters. The molecule has 0 N–H and O–H groups in total. The lowest BCUT2D eigenvalue weighted by Gasteiger charge is -2.35. The van der Waals surface area contributed by atoms with Crippen molar-refractivity contribution in [2.75, 3.05) is 44.2 Å². The molecule has 1 aromatic carbocycles. The van der Waals surface area contributed by atoms with Gasteiger partial charge in [0.15, 0.2) is 0 Å². The van der Waals surface area contributed by atoms with Crippen LogP contribution in [-0.4, -0.2) is 64.7 Å². The van der Waals surface area contributed by atoms with E-state index in [2.05, 4.69) is 4.98 Å². The minimum Gasteiger partial charge on any atom is -0.473 e. The Kier molecular flexibility index (Phi) is 6.17. The molecule has 0 spiro atoms. The topological polar surface area (TPSA) is 70.9 Å². The van der Waals surface area contributed by atoms with Gasteiger partial charge < -0.3 is 14.5 Å². The third-order valence-corrected chi connectivity index (χ3v) is 5.63. The van der Waals surface area contributed by atoms with E-state index in [1.165, 1.54) is 10.6 Å². The maximum absolute atomic E-state index is 13.8. The Morgan fingerprint density at radius 3 is 2.65 bits per heavy atom. The second-order valence-electron chi connectivity index (χ2n) is 7.82. The number of halogens is 2. The highest BCUT2D eigenvalue weighted by Gasteiger charge is 2.26. The van der Waals surface area contributed by atoms with Gasteiger partial charge in [-0.05, 0) is 30.5 Å². The van der Waals surface area contributed by atoms with Gasteiger partial charge in [-0.2, -0.15) is 4.98 Å². The number of aryl methyl sites for hydroxylation is 1. The number of benzene rings is 1. The predicted molar refractivity (Wildman–Crippen MR) is 110 cm³/mol. The normalized spacial score (nSPS) is 16.9. The molecule has 31 heavy (non-hydrogen) atoms. The van der Waals surface area contributed by atoms with Crippen LogP contribution in [0.1, 0.15) is 17.5 Å². The summed E-state index contributed by atoms with van der Waals surface area (Å²) >= 11 is 0. The number of fused-ring (bicyclic) bond motifs is 1. The van der Waals surface area contributed by atoms with Gasteiger partial charge in [0.2, 0.25) is 11.8 Å². The van der Waals surface area contributed by atoms with Gasteiger partial charge in [0, 0.05) is 45.3 Å². The molecule has 1 saturated heterocycles. The summed E-state index contributed by atoms with van der Waals surface area (Å²) in [5.74, 6) is 0.262. The Morgan fingerprint density at radius 1 is 1.13 bits per heavy atom. The highest BCUT2D eigenvalue weighted by atomic mass is 19.2. The van der Waals surface area contributed by atoms with Gasteiger partial charge >= 0.3 is 5.69 Å². The second-order valence-corrected chi connectivity index (χ2v) is 7.82. The lowest BCUT2D eigenvalue weighted by atomic mass is 10.1. The minimum absolute atomic E-state index is 0.0690. The maximum Gasteiger partial charge on any atom is 0.352 e. The Hall–Kier alpha value is -3.01. The summed E-state index contributed by atoms with van der Waals surface area (Å²) in [4.78, 5) is 32.6. The molecule has 0 radical (unpaired) electrons. The quantitative estimate of drug-likeness (QED) is 0.666. The van der Waals surface area contributed by atoms with Crippen molar-refractivity contribution in [3.8, 4) is 5.88 Å². The summed E-state index contributed by atoms with van der Waals surface area (Å²) in [6.45, 7) is 4.04. The summed E-state index contributed by atoms with van der Waals surface area (Å²) in [6, 6.07) is 6.45. The van der Waals surface area contributed by atoms with E-state index in [9.17, 15) is 18.5 Å². The number of ether oxygens (including phenoxy) is 1. The van der Waals surface area contributed by atoms with Crippen LogP contribution in [0, 0.1) is 12.7 Å². The Morgan fingerprint density at radius 2 is 1.90 bits per heavy atom. The SMILES string of the molecule is Cc1ccc(COc2cc3n(c(=O)n2)CCCN3CC(=O)N2CCN(F)CC2)cc1F. The number of carbonyl (C=O) groups excluding carboxylic acids is 1. The maximum atomic E-state index is 13.8. The summed E-state index contributed by atoms with van der Waals surface area (Å²) < 4.78 is 34.1. The molecule has 3 heterocycles. The van der Waals surface area contributed by atoms with Crippen LogP contribution in [0.3, 0.4) is 0 Å². The zero-order valence-electron chi connectivity index (χ0n) is 17.4. The van der Waals surface area contributed by atoms with E-state index in [0.29, 0.717) is 54.7 Å². The van der Waals surface area contributed by atoms with Crippen LogP contribution in [0.4, 0.5) is 14.7 Å². The average molecular weight is 433 g/mol. The van der Waals surface area contributed by atoms with Gasteiger partial charge in [-0.15, -0.1) is 9.60 Å². The van der Waals surface area contributed by atoms with Gasteiger partial charge in [0.05, 0.1) is 6.54 Å². The van der Waals surface area contributed by atoms with E-state index in [0.717, 1.165) is 0 Å². The molecule has 2 aromatic rings. The highest BCUT2D eigenvalue weighted by molar-refractivity contribution is 5.81. The summed E-state index contributed by atoms with van der Waals surface area (Å²) in [5.41, 5.74) is 0.717. The molecule has 166 valence electrons. The smallest absolute Gasteiger partial charge is 0.352 e. The minimum atomic E-state index is -0.453. The number of hydrogen-bond acceptors (Lipinski definition) is 6. The van der Waals surface area contributed by atoms with Crippen molar-refractivity contribution in [3.05, 3.63) is 51.7 Å². The van der Waals surface area contributed by atoms with Crippen LogP contribution >= 0.6 is 0 Å². The molecular weight excluding hydrogens is 408 g/mol. The number of carbonyl (C=O) groups is 1. The van der Waals surface area contributed by atoms with Crippen molar-refractivity contribution in [2.24, 2.45) is 0 Å². The van der Waals surface area contributed by atoms with Gasteiger partial charge in [-0.3, -0.25) is 9.36 Å². The molecule has 8 nitrogen and oxygen atoms in total. The first-order valence-electron chi connectivity index (χ1n) is 10.3. The van der Waals surface area contributed by atoms with Crippen molar-refractivity contribution in [2.45, 2.75) is 26.5 Å². The number of piperazine rings is 1. The third kappa shape index (κ3) is 4.84. The van der Waals surface area contributed by atoms with Gasteiger partial charge in [0.1, 0.15) is 18.2 Å². The van der Waals surface area contributed by atoms with E-state index in [4.69, 9.17) is 4.74 Å². The first kappa shape index (κ1) is 21.2. The van der Waals surface area contributed by atoms with Crippen LogP contribution in [0.25, 0.3) is 0 Å². The van der Waals surface area contributed by atoms with E-state index < -0.39 is 5.69 Å². The van der Waals surface area contributed by atoms with Crippen molar-refractivity contribution >= 4 is 11.7 Å². The predicted octanol–water partition coefficient (Wildman–Crippen LogP) is 1.51. The molecule has 10 heteroatoms. The fourth-order valence-electron chi connectivity index (χ4n) is 3.79. The summed E-state index contributed by atoms with van der Waals surface area (Å²) in [6.07, 6.45) is 0.711. The van der Waals surface area contributed by atoms with E-state index in [1.54, 1.807) is 30.0 Å². The van der Waals surface area contributed by atoms with Crippen LogP contribution < -0.4 is 15.3 Å². The largest absolute Gasteiger partial charge is 0.473 e. The Balaban J connectivity index is 1.48.